The Morgan fingerprint density at radius 3 is 2.61 bits per heavy atom. The van der Waals surface area contributed by atoms with E-state index in [2.05, 4.69) is 51.0 Å². The van der Waals surface area contributed by atoms with Crippen molar-refractivity contribution in [2.24, 2.45) is 7.05 Å². The van der Waals surface area contributed by atoms with Gasteiger partial charge in [-0.3, -0.25) is 4.90 Å². The number of aryl methyl sites for hydroxylation is 1. The van der Waals surface area contributed by atoms with E-state index < -0.39 is 0 Å². The minimum atomic E-state index is 0.726. The lowest BCUT2D eigenvalue weighted by molar-refractivity contribution is 0.152. The van der Waals surface area contributed by atoms with E-state index >= 15 is 0 Å². The highest BCUT2D eigenvalue weighted by atomic mass is 15.2. The third-order valence-corrected chi connectivity index (χ3v) is 4.90. The van der Waals surface area contributed by atoms with Crippen LogP contribution >= 0.6 is 0 Å². The Balaban J connectivity index is 1.48. The van der Waals surface area contributed by atoms with Gasteiger partial charge in [0, 0.05) is 38.9 Å². The summed E-state index contributed by atoms with van der Waals surface area (Å²) in [6.45, 7) is 6.43. The molecule has 4 nitrogen and oxygen atoms in total. The van der Waals surface area contributed by atoms with E-state index in [1.165, 1.54) is 42.6 Å². The first-order valence-corrected chi connectivity index (χ1v) is 8.70. The van der Waals surface area contributed by atoms with Crippen LogP contribution < -0.4 is 5.32 Å². The molecule has 1 saturated heterocycles. The normalized spacial score (nSPS) is 19.1. The lowest BCUT2D eigenvalue weighted by Gasteiger charge is -2.33. The van der Waals surface area contributed by atoms with Crippen LogP contribution in [0.4, 0.5) is 0 Å². The highest BCUT2D eigenvalue weighted by molar-refractivity contribution is 5.22. The molecule has 0 radical (unpaired) electrons. The largest absolute Gasteiger partial charge is 0.337 e. The quantitative estimate of drug-likeness (QED) is 0.890. The SMILES string of the molecule is C[C@@H]1CCCCN1Cc1ccc(CNCc2cncn2C)cc1. The molecule has 1 atom stereocenters. The molecule has 1 N–H and O–H groups in total. The lowest BCUT2D eigenvalue weighted by Crippen LogP contribution is -2.36. The third kappa shape index (κ3) is 4.43. The van der Waals surface area contributed by atoms with Crippen molar-refractivity contribution >= 4 is 0 Å². The molecule has 3 rings (SSSR count). The van der Waals surface area contributed by atoms with Gasteiger partial charge in [-0.1, -0.05) is 30.7 Å². The molecule has 0 saturated carbocycles. The van der Waals surface area contributed by atoms with Crippen LogP contribution in [0.3, 0.4) is 0 Å². The second-order valence-electron chi connectivity index (χ2n) is 6.73. The van der Waals surface area contributed by atoms with Gasteiger partial charge in [-0.25, -0.2) is 4.98 Å². The number of likely N-dealkylation sites (tertiary alicyclic amines) is 1. The average Bonchev–Trinajstić information content (AvgIpc) is 2.97. The van der Waals surface area contributed by atoms with E-state index in [-0.39, 0.29) is 0 Å². The number of piperidine rings is 1. The van der Waals surface area contributed by atoms with Crippen molar-refractivity contribution in [3.63, 3.8) is 0 Å². The van der Waals surface area contributed by atoms with E-state index in [1.54, 1.807) is 0 Å². The maximum absolute atomic E-state index is 4.14. The van der Waals surface area contributed by atoms with Crippen LogP contribution in [0, 0.1) is 0 Å². The smallest absolute Gasteiger partial charge is 0.0945 e. The van der Waals surface area contributed by atoms with Gasteiger partial charge in [0.2, 0.25) is 0 Å². The molecule has 4 heteroatoms. The Bertz CT molecular complexity index is 602. The number of aromatic nitrogens is 2. The highest BCUT2D eigenvalue weighted by Crippen LogP contribution is 2.19. The molecular weight excluding hydrogens is 284 g/mol. The molecule has 1 aliphatic heterocycles. The van der Waals surface area contributed by atoms with Crippen LogP contribution in [-0.2, 0) is 26.7 Å². The second kappa shape index (κ2) is 7.75. The number of nitrogens with one attached hydrogen (secondary N) is 1. The predicted octanol–water partition coefficient (Wildman–Crippen LogP) is 3.08. The summed E-state index contributed by atoms with van der Waals surface area (Å²) < 4.78 is 2.05. The van der Waals surface area contributed by atoms with E-state index in [9.17, 15) is 0 Å². The fourth-order valence-corrected chi connectivity index (χ4v) is 3.28. The molecule has 2 heterocycles. The zero-order valence-electron chi connectivity index (χ0n) is 14.3. The second-order valence-corrected chi connectivity index (χ2v) is 6.73. The first kappa shape index (κ1) is 16.2. The van der Waals surface area contributed by atoms with Gasteiger partial charge in [0.05, 0.1) is 12.0 Å². The average molecular weight is 312 g/mol. The summed E-state index contributed by atoms with van der Waals surface area (Å²) in [5, 5.41) is 3.48. The highest BCUT2D eigenvalue weighted by Gasteiger charge is 2.17. The molecule has 2 aromatic rings. The molecule has 1 aromatic heterocycles. The van der Waals surface area contributed by atoms with Crippen molar-refractivity contribution in [1.82, 2.24) is 19.8 Å². The van der Waals surface area contributed by atoms with Crippen LogP contribution in [0.5, 0.6) is 0 Å². The van der Waals surface area contributed by atoms with E-state index in [0.717, 1.165) is 25.7 Å². The Kier molecular flexibility index (Phi) is 5.47. The van der Waals surface area contributed by atoms with Crippen molar-refractivity contribution < 1.29 is 0 Å². The van der Waals surface area contributed by atoms with Crippen molar-refractivity contribution in [2.45, 2.75) is 51.9 Å². The number of hydrogen-bond donors (Lipinski definition) is 1. The topological polar surface area (TPSA) is 33.1 Å². The monoisotopic (exact) mass is 312 g/mol. The number of benzene rings is 1. The Hall–Kier alpha value is -1.65. The van der Waals surface area contributed by atoms with E-state index in [1.807, 2.05) is 19.6 Å². The fraction of sp³-hybridized carbons (Fsp3) is 0.526. The predicted molar refractivity (Wildman–Crippen MR) is 93.9 cm³/mol. The molecule has 1 fully saturated rings. The summed E-state index contributed by atoms with van der Waals surface area (Å²) in [5.74, 6) is 0. The van der Waals surface area contributed by atoms with Gasteiger partial charge in [-0.15, -0.1) is 0 Å². The van der Waals surface area contributed by atoms with Crippen molar-refractivity contribution in [2.75, 3.05) is 6.54 Å². The van der Waals surface area contributed by atoms with Crippen molar-refractivity contribution in [1.29, 1.82) is 0 Å². The standard InChI is InChI=1S/C19H28N4/c1-16-5-3-4-10-23(16)14-18-8-6-17(7-9-18)11-20-12-19-13-21-15-22(19)2/h6-9,13,15-16,20H,3-5,10-12,14H2,1-2H3/t16-/m1/s1. The summed E-state index contributed by atoms with van der Waals surface area (Å²) in [4.78, 5) is 6.75. The number of imidazole rings is 1. The van der Waals surface area contributed by atoms with Gasteiger partial charge in [0.15, 0.2) is 0 Å². The summed E-state index contributed by atoms with van der Waals surface area (Å²) in [6.07, 6.45) is 7.83. The molecule has 0 spiro atoms. The molecule has 1 aromatic carbocycles. The molecule has 0 unspecified atom stereocenters. The van der Waals surface area contributed by atoms with Gasteiger partial charge in [-0.05, 0) is 37.4 Å². The molecule has 0 aliphatic carbocycles. The number of hydrogen-bond acceptors (Lipinski definition) is 3. The maximum Gasteiger partial charge on any atom is 0.0945 e. The molecule has 0 amide bonds. The first-order chi connectivity index (χ1) is 11.2. The van der Waals surface area contributed by atoms with Crippen LogP contribution in [0.25, 0.3) is 0 Å². The fourth-order valence-electron chi connectivity index (χ4n) is 3.28. The molecule has 1 aliphatic rings. The Morgan fingerprint density at radius 1 is 1.13 bits per heavy atom. The van der Waals surface area contributed by atoms with Gasteiger partial charge in [0.25, 0.3) is 0 Å². The van der Waals surface area contributed by atoms with Crippen molar-refractivity contribution in [3.05, 3.63) is 53.6 Å². The molecule has 124 valence electrons. The van der Waals surface area contributed by atoms with Gasteiger partial charge < -0.3 is 9.88 Å². The zero-order chi connectivity index (χ0) is 16.1. The third-order valence-electron chi connectivity index (χ3n) is 4.90. The summed E-state index contributed by atoms with van der Waals surface area (Å²) in [6, 6.07) is 9.79. The maximum atomic E-state index is 4.14. The number of nitrogens with zero attached hydrogens (tertiary/aromatic N) is 3. The van der Waals surface area contributed by atoms with E-state index in [0.29, 0.717) is 0 Å². The molecule has 23 heavy (non-hydrogen) atoms. The first-order valence-electron chi connectivity index (χ1n) is 8.70. The zero-order valence-corrected chi connectivity index (χ0v) is 14.3. The van der Waals surface area contributed by atoms with Crippen LogP contribution in [0.1, 0.15) is 43.0 Å². The summed E-state index contributed by atoms with van der Waals surface area (Å²) >= 11 is 0. The van der Waals surface area contributed by atoms with Crippen LogP contribution in [0.2, 0.25) is 0 Å². The minimum Gasteiger partial charge on any atom is -0.337 e. The van der Waals surface area contributed by atoms with Crippen LogP contribution in [0.15, 0.2) is 36.8 Å². The van der Waals surface area contributed by atoms with Crippen molar-refractivity contribution in [3.8, 4) is 0 Å². The summed E-state index contributed by atoms with van der Waals surface area (Å²) in [7, 11) is 2.03. The molecular formula is C19H28N4. The van der Waals surface area contributed by atoms with Gasteiger partial charge >= 0.3 is 0 Å². The Morgan fingerprint density at radius 2 is 1.91 bits per heavy atom. The lowest BCUT2D eigenvalue weighted by atomic mass is 10.0. The van der Waals surface area contributed by atoms with Gasteiger partial charge in [-0.2, -0.15) is 0 Å². The van der Waals surface area contributed by atoms with E-state index in [4.69, 9.17) is 0 Å². The summed E-state index contributed by atoms with van der Waals surface area (Å²) in [5.41, 5.74) is 3.97. The Labute approximate surface area is 139 Å². The van der Waals surface area contributed by atoms with Crippen LogP contribution in [-0.4, -0.2) is 27.0 Å². The van der Waals surface area contributed by atoms with Gasteiger partial charge in [0.1, 0.15) is 0 Å². The minimum absolute atomic E-state index is 0.726. The number of rotatable bonds is 6. The molecule has 0 bridgehead atoms.